The van der Waals surface area contributed by atoms with E-state index in [2.05, 4.69) is 10.6 Å². The van der Waals surface area contributed by atoms with Crippen molar-refractivity contribution in [1.29, 1.82) is 0 Å². The number of hydrogen-bond donors (Lipinski definition) is 6. The number of aliphatic hydroxyl groups is 3. The van der Waals surface area contributed by atoms with Crippen molar-refractivity contribution in [2.24, 2.45) is 0 Å². The van der Waals surface area contributed by atoms with Gasteiger partial charge < -0.3 is 20.6 Å². The number of carbonyl (C=O) groups is 1. The molecule has 0 aliphatic carbocycles. The van der Waals surface area contributed by atoms with E-state index in [1.54, 1.807) is 4.52 Å². The summed E-state index contributed by atoms with van der Waals surface area (Å²) in [7, 11) is 0. The predicted octanol–water partition coefficient (Wildman–Crippen LogP) is -3.13. The van der Waals surface area contributed by atoms with Gasteiger partial charge in [0.25, 0.3) is 6.23 Å². The van der Waals surface area contributed by atoms with Gasteiger partial charge in [0, 0.05) is 6.92 Å². The maximum atomic E-state index is 11.0. The lowest BCUT2D eigenvalue weighted by Crippen LogP contribution is -2.64. The molecule has 2 heterocycles. The van der Waals surface area contributed by atoms with Crippen molar-refractivity contribution in [3.05, 3.63) is 0 Å². The summed E-state index contributed by atoms with van der Waals surface area (Å²) in [6, 6.07) is 0. The third-order valence-electron chi connectivity index (χ3n) is 2.99. The number of nitrogens with one attached hydrogen (secondary N) is 2. The van der Waals surface area contributed by atoms with Crippen molar-refractivity contribution < 1.29 is 29.9 Å². The van der Waals surface area contributed by atoms with Crippen molar-refractivity contribution in [2.75, 3.05) is 6.61 Å². The van der Waals surface area contributed by atoms with Crippen LogP contribution in [0.4, 0.5) is 0 Å². The molecule has 5 atom stereocenters. The Morgan fingerprint density at radius 1 is 1.56 bits per heavy atom. The van der Waals surface area contributed by atoms with E-state index in [4.69, 9.17) is 5.11 Å². The maximum Gasteiger partial charge on any atom is 0.293 e. The molecule has 6 N–H and O–H groups in total. The van der Waals surface area contributed by atoms with Crippen molar-refractivity contribution in [2.45, 2.75) is 37.1 Å². The Morgan fingerprint density at radius 3 is 2.69 bits per heavy atom. The summed E-state index contributed by atoms with van der Waals surface area (Å²) >= 11 is 0. The van der Waals surface area contributed by atoms with Gasteiger partial charge in [-0.25, -0.2) is 9.83 Å². The van der Waals surface area contributed by atoms with Crippen LogP contribution in [-0.2, 0) is 9.31 Å². The Kier molecular flexibility index (Phi) is 2.65. The topological polar surface area (TPSA) is 135 Å². The van der Waals surface area contributed by atoms with Gasteiger partial charge in [0.15, 0.2) is 6.10 Å². The number of fused-ring (bicyclic) bond motifs is 1. The number of aliphatic hydroxyl groups excluding tert-OH is 3. The summed E-state index contributed by atoms with van der Waals surface area (Å²) in [4.78, 5) is 11.0. The van der Waals surface area contributed by atoms with Crippen molar-refractivity contribution in [3.8, 4) is 0 Å². The van der Waals surface area contributed by atoms with Crippen LogP contribution >= 0.6 is 0 Å². The number of hydrogen-bond acceptors (Lipinski definition) is 6. The van der Waals surface area contributed by atoms with Gasteiger partial charge in [-0.2, -0.15) is 0 Å². The molecule has 92 valence electrons. The lowest BCUT2D eigenvalue weighted by Gasteiger charge is -2.33. The van der Waals surface area contributed by atoms with E-state index in [1.807, 2.05) is 0 Å². The smallest absolute Gasteiger partial charge is 0.293 e. The highest BCUT2D eigenvalue weighted by molar-refractivity contribution is 5.74. The zero-order chi connectivity index (χ0) is 12.1. The van der Waals surface area contributed by atoms with E-state index in [1.165, 1.54) is 6.92 Å². The van der Waals surface area contributed by atoms with Gasteiger partial charge in [0.2, 0.25) is 17.7 Å². The molecular weight excluding hydrogens is 220 g/mol. The zero-order valence-electron chi connectivity index (χ0n) is 8.62. The van der Waals surface area contributed by atoms with Gasteiger partial charge in [-0.15, -0.1) is 5.26 Å². The highest BCUT2D eigenvalue weighted by Gasteiger charge is 2.77. The third kappa shape index (κ3) is 1.43. The molecule has 0 aromatic rings. The molecule has 8 nitrogen and oxygen atoms in total. The van der Waals surface area contributed by atoms with Crippen LogP contribution in [0.3, 0.4) is 0 Å². The molecule has 1 amide bonds. The molecule has 16 heavy (non-hydrogen) atoms. The van der Waals surface area contributed by atoms with Gasteiger partial charge in [-0.1, -0.05) is 0 Å². The highest BCUT2D eigenvalue weighted by atomic mass is 17.2. The first-order valence-corrected chi connectivity index (χ1v) is 4.88. The first-order chi connectivity index (χ1) is 7.44. The minimum Gasteiger partial charge on any atom is -0.388 e. The van der Waals surface area contributed by atoms with Crippen LogP contribution in [0, 0.1) is 0 Å². The quantitative estimate of drug-likeness (QED) is 0.170. The molecular formula is C8H15N2O6+. The molecule has 0 saturated carbocycles. The van der Waals surface area contributed by atoms with E-state index in [9.17, 15) is 20.3 Å². The second-order valence-corrected chi connectivity index (χ2v) is 4.08. The maximum absolute atomic E-state index is 11.0. The second kappa shape index (κ2) is 3.62. The Morgan fingerprint density at radius 2 is 2.19 bits per heavy atom. The zero-order valence-corrected chi connectivity index (χ0v) is 8.62. The predicted molar refractivity (Wildman–Crippen MR) is 50.1 cm³/mol. The molecule has 2 aliphatic rings. The van der Waals surface area contributed by atoms with Gasteiger partial charge in [0.1, 0.15) is 12.7 Å². The minimum absolute atomic E-state index is 0.405. The summed E-state index contributed by atoms with van der Waals surface area (Å²) in [5, 5.41) is 43.0. The molecule has 0 bridgehead atoms. The van der Waals surface area contributed by atoms with E-state index < -0.39 is 42.7 Å². The fourth-order valence-corrected chi connectivity index (χ4v) is 2.11. The number of amides is 1. The minimum atomic E-state index is -1.39. The van der Waals surface area contributed by atoms with Crippen LogP contribution in [0.2, 0.25) is 0 Å². The summed E-state index contributed by atoms with van der Waals surface area (Å²) in [6.45, 7) is 0.725. The molecule has 0 aromatic heterocycles. The molecule has 2 aliphatic heterocycles. The number of carbonyl (C=O) groups excluding carboxylic acids is 1. The summed E-state index contributed by atoms with van der Waals surface area (Å²) in [6.07, 6.45) is -4.55. The normalized spacial score (nSPS) is 47.3. The Hall–Kier alpha value is -0.770. The Balaban J connectivity index is 2.20. The summed E-state index contributed by atoms with van der Waals surface area (Å²) in [5.74, 6) is -0.405. The second-order valence-electron chi connectivity index (χ2n) is 4.08. The van der Waals surface area contributed by atoms with E-state index in [-0.39, 0.29) is 0 Å². The lowest BCUT2D eigenvalue weighted by atomic mass is 9.97. The van der Waals surface area contributed by atoms with Crippen molar-refractivity contribution >= 4 is 5.91 Å². The monoisotopic (exact) mass is 235 g/mol. The van der Waals surface area contributed by atoms with Crippen LogP contribution in [0.25, 0.3) is 0 Å². The van der Waals surface area contributed by atoms with E-state index in [0.717, 1.165) is 0 Å². The molecule has 0 unspecified atom stereocenters. The molecule has 2 rings (SSSR count). The van der Waals surface area contributed by atoms with Gasteiger partial charge in [-0.05, 0) is 0 Å². The Bertz CT molecular complexity index is 313. The number of rotatable bonds is 2. The van der Waals surface area contributed by atoms with E-state index in [0.29, 0.717) is 0 Å². The standard InChI is InChI=1S/C8H14N2O6/c1-3(12)9-8-6(14)5(13)4(2-11)16(15)7(8)10-8/h4-7,10-11,13-15H,2H2,1H3/p+1/t4-,5-,6+,7+,8+/m1/s1. The van der Waals surface area contributed by atoms with Crippen molar-refractivity contribution in [1.82, 2.24) is 10.6 Å². The molecule has 0 radical (unpaired) electrons. The third-order valence-corrected chi connectivity index (χ3v) is 2.99. The summed E-state index contributed by atoms with van der Waals surface area (Å²) < 4.78 is 1.58. The van der Waals surface area contributed by atoms with Crippen molar-refractivity contribution in [3.63, 3.8) is 0 Å². The molecule has 0 spiro atoms. The summed E-state index contributed by atoms with van der Waals surface area (Å²) in [5.41, 5.74) is -1.27. The SMILES string of the molecule is CC(=O)N[C@@]12N[C@H]1[O+](O)[C@H](CO)[C@@H](O)[C@@H]2O. The van der Waals surface area contributed by atoms with Crippen LogP contribution < -0.4 is 10.6 Å². The largest absolute Gasteiger partial charge is 0.388 e. The molecule has 8 heteroatoms. The fourth-order valence-electron chi connectivity index (χ4n) is 2.11. The first kappa shape index (κ1) is 11.7. The highest BCUT2D eigenvalue weighted by Crippen LogP contribution is 2.40. The van der Waals surface area contributed by atoms with Gasteiger partial charge in [-0.3, -0.25) is 4.79 Å². The van der Waals surface area contributed by atoms with Crippen LogP contribution in [0.15, 0.2) is 0 Å². The van der Waals surface area contributed by atoms with Crippen LogP contribution in [0.5, 0.6) is 0 Å². The first-order valence-electron chi connectivity index (χ1n) is 4.88. The van der Waals surface area contributed by atoms with Gasteiger partial charge in [0.05, 0.1) is 0 Å². The molecule has 2 fully saturated rings. The van der Waals surface area contributed by atoms with Crippen LogP contribution in [0.1, 0.15) is 6.92 Å². The Labute approximate surface area is 91.1 Å². The average Bonchev–Trinajstić information content (AvgIpc) is 2.91. The molecule has 2 saturated heterocycles. The fraction of sp³-hybridized carbons (Fsp3) is 0.875. The lowest BCUT2D eigenvalue weighted by molar-refractivity contribution is -0.498. The average molecular weight is 235 g/mol. The van der Waals surface area contributed by atoms with Gasteiger partial charge >= 0.3 is 0 Å². The van der Waals surface area contributed by atoms with Crippen LogP contribution in [-0.4, -0.2) is 63.3 Å². The molecule has 0 aromatic carbocycles. The van der Waals surface area contributed by atoms with E-state index >= 15 is 0 Å².